The molecular formula is C15H14BrClN2O. The summed E-state index contributed by atoms with van der Waals surface area (Å²) in [5.41, 5.74) is 7.74. The highest BCUT2D eigenvalue weighted by atomic mass is 79.9. The van der Waals surface area contributed by atoms with Gasteiger partial charge in [-0.3, -0.25) is 4.79 Å². The summed E-state index contributed by atoms with van der Waals surface area (Å²) in [6.45, 7) is 1.89. The summed E-state index contributed by atoms with van der Waals surface area (Å²) in [5, 5.41) is 3.55. The minimum atomic E-state index is -0.174. The van der Waals surface area contributed by atoms with Gasteiger partial charge in [-0.15, -0.1) is 0 Å². The third-order valence-electron chi connectivity index (χ3n) is 2.98. The van der Waals surface area contributed by atoms with E-state index >= 15 is 0 Å². The van der Waals surface area contributed by atoms with Crippen LogP contribution in [0.15, 0.2) is 46.9 Å². The maximum absolute atomic E-state index is 12.2. The predicted octanol–water partition coefficient (Wildman–Crippen LogP) is 4.18. The van der Waals surface area contributed by atoms with Crippen molar-refractivity contribution in [3.05, 3.63) is 63.1 Å². The van der Waals surface area contributed by atoms with E-state index in [4.69, 9.17) is 17.3 Å². The molecule has 0 unspecified atom stereocenters. The van der Waals surface area contributed by atoms with Gasteiger partial charge in [0.15, 0.2) is 0 Å². The molecule has 0 aliphatic carbocycles. The molecule has 0 bridgehead atoms. The van der Waals surface area contributed by atoms with Gasteiger partial charge in [-0.2, -0.15) is 0 Å². The van der Waals surface area contributed by atoms with Gasteiger partial charge in [0.05, 0.1) is 6.04 Å². The number of hydrogen-bond donors (Lipinski definition) is 2. The summed E-state index contributed by atoms with van der Waals surface area (Å²) in [5.74, 6) is -0.168. The standard InChI is InChI=1S/C15H14BrClN2O/c1-9(11-4-2-3-5-13(11)17)19-15(20)10-6-7-14(18)12(16)8-10/h2-9H,18H2,1H3,(H,19,20)/t9-/m1/s1. The molecule has 1 amide bonds. The second kappa shape index (κ2) is 6.29. The zero-order valence-electron chi connectivity index (χ0n) is 10.9. The molecule has 0 spiro atoms. The zero-order valence-corrected chi connectivity index (χ0v) is 13.2. The van der Waals surface area contributed by atoms with Crippen LogP contribution in [0.25, 0.3) is 0 Å². The van der Waals surface area contributed by atoms with Crippen LogP contribution in [0.1, 0.15) is 28.9 Å². The van der Waals surface area contributed by atoms with Crippen molar-refractivity contribution in [2.45, 2.75) is 13.0 Å². The molecule has 3 N–H and O–H groups in total. The normalized spacial score (nSPS) is 11.9. The van der Waals surface area contributed by atoms with Crippen LogP contribution in [0, 0.1) is 0 Å². The van der Waals surface area contributed by atoms with E-state index in [0.717, 1.165) is 5.56 Å². The van der Waals surface area contributed by atoms with Gasteiger partial charge in [0.2, 0.25) is 0 Å². The second-order valence-corrected chi connectivity index (χ2v) is 5.71. The summed E-state index contributed by atoms with van der Waals surface area (Å²) in [6, 6.07) is 12.4. The molecule has 0 aliphatic heterocycles. The van der Waals surface area contributed by atoms with Crippen molar-refractivity contribution in [2.24, 2.45) is 0 Å². The van der Waals surface area contributed by atoms with Crippen LogP contribution in [-0.2, 0) is 0 Å². The van der Waals surface area contributed by atoms with Crippen molar-refractivity contribution < 1.29 is 4.79 Å². The lowest BCUT2D eigenvalue weighted by atomic mass is 10.1. The quantitative estimate of drug-likeness (QED) is 0.813. The average molecular weight is 354 g/mol. The predicted molar refractivity (Wildman–Crippen MR) is 85.9 cm³/mol. The molecule has 0 saturated carbocycles. The maximum atomic E-state index is 12.2. The molecule has 0 aromatic heterocycles. The molecule has 5 heteroatoms. The lowest BCUT2D eigenvalue weighted by Gasteiger charge is -2.16. The first-order valence-corrected chi connectivity index (χ1v) is 7.26. The molecule has 104 valence electrons. The fraction of sp³-hybridized carbons (Fsp3) is 0.133. The Balaban J connectivity index is 2.15. The third-order valence-corrected chi connectivity index (χ3v) is 4.01. The van der Waals surface area contributed by atoms with E-state index in [2.05, 4.69) is 21.2 Å². The maximum Gasteiger partial charge on any atom is 0.251 e. The van der Waals surface area contributed by atoms with E-state index in [0.29, 0.717) is 20.7 Å². The van der Waals surface area contributed by atoms with Crippen LogP contribution in [-0.4, -0.2) is 5.91 Å². The molecule has 0 heterocycles. The lowest BCUT2D eigenvalue weighted by molar-refractivity contribution is 0.0940. The van der Waals surface area contributed by atoms with Crippen molar-refractivity contribution in [1.82, 2.24) is 5.32 Å². The fourth-order valence-corrected chi connectivity index (χ4v) is 2.53. The average Bonchev–Trinajstić information content (AvgIpc) is 2.42. The van der Waals surface area contributed by atoms with Gasteiger partial charge in [0.1, 0.15) is 0 Å². The van der Waals surface area contributed by atoms with Crippen LogP contribution in [0.4, 0.5) is 5.69 Å². The minimum Gasteiger partial charge on any atom is -0.398 e. The highest BCUT2D eigenvalue weighted by molar-refractivity contribution is 9.10. The number of rotatable bonds is 3. The Bertz CT molecular complexity index is 646. The molecule has 1 atom stereocenters. The van der Waals surface area contributed by atoms with Gasteiger partial charge in [-0.25, -0.2) is 0 Å². The van der Waals surface area contributed by atoms with Crippen LogP contribution in [0.5, 0.6) is 0 Å². The summed E-state index contributed by atoms with van der Waals surface area (Å²) < 4.78 is 0.704. The molecule has 0 aliphatic rings. The van der Waals surface area contributed by atoms with Crippen LogP contribution in [0.2, 0.25) is 5.02 Å². The van der Waals surface area contributed by atoms with E-state index in [-0.39, 0.29) is 11.9 Å². The number of carbonyl (C=O) groups is 1. The summed E-state index contributed by atoms with van der Waals surface area (Å²) in [4.78, 5) is 12.2. The van der Waals surface area contributed by atoms with Gasteiger partial charge in [0.25, 0.3) is 5.91 Å². The van der Waals surface area contributed by atoms with Crippen LogP contribution in [0.3, 0.4) is 0 Å². The SMILES string of the molecule is C[C@@H](NC(=O)c1ccc(N)c(Br)c1)c1ccccc1Cl. The molecular weight excluding hydrogens is 340 g/mol. The fourth-order valence-electron chi connectivity index (χ4n) is 1.85. The summed E-state index contributed by atoms with van der Waals surface area (Å²) in [7, 11) is 0. The molecule has 2 rings (SSSR count). The van der Waals surface area contributed by atoms with Gasteiger partial charge in [0, 0.05) is 20.7 Å². The van der Waals surface area contributed by atoms with E-state index < -0.39 is 0 Å². The first kappa shape index (κ1) is 14.9. The number of nitrogen functional groups attached to an aromatic ring is 1. The number of nitrogens with two attached hydrogens (primary N) is 1. The lowest BCUT2D eigenvalue weighted by Crippen LogP contribution is -2.26. The molecule has 0 saturated heterocycles. The van der Waals surface area contributed by atoms with E-state index in [1.165, 1.54) is 0 Å². The Kier molecular flexibility index (Phi) is 4.68. The zero-order chi connectivity index (χ0) is 14.7. The van der Waals surface area contributed by atoms with Crippen molar-refractivity contribution in [2.75, 3.05) is 5.73 Å². The van der Waals surface area contributed by atoms with Crippen molar-refractivity contribution >= 4 is 39.1 Å². The van der Waals surface area contributed by atoms with Crippen molar-refractivity contribution in [3.8, 4) is 0 Å². The van der Waals surface area contributed by atoms with E-state index in [1.807, 2.05) is 25.1 Å². The van der Waals surface area contributed by atoms with Crippen LogP contribution >= 0.6 is 27.5 Å². The Labute approximate surface area is 131 Å². The van der Waals surface area contributed by atoms with Gasteiger partial charge < -0.3 is 11.1 Å². The largest absolute Gasteiger partial charge is 0.398 e. The van der Waals surface area contributed by atoms with Crippen molar-refractivity contribution in [3.63, 3.8) is 0 Å². The highest BCUT2D eigenvalue weighted by Crippen LogP contribution is 2.24. The second-order valence-electron chi connectivity index (χ2n) is 4.45. The first-order chi connectivity index (χ1) is 9.49. The van der Waals surface area contributed by atoms with Gasteiger partial charge in [-0.1, -0.05) is 29.8 Å². The highest BCUT2D eigenvalue weighted by Gasteiger charge is 2.14. The summed E-state index contributed by atoms with van der Waals surface area (Å²) >= 11 is 9.43. The number of benzene rings is 2. The molecule has 0 fully saturated rings. The topological polar surface area (TPSA) is 55.1 Å². The number of carbonyl (C=O) groups excluding carboxylic acids is 1. The Morgan fingerprint density at radius 3 is 2.65 bits per heavy atom. The van der Waals surface area contributed by atoms with Gasteiger partial charge in [-0.05, 0) is 52.7 Å². The smallest absolute Gasteiger partial charge is 0.251 e. The summed E-state index contributed by atoms with van der Waals surface area (Å²) in [6.07, 6.45) is 0. The molecule has 3 nitrogen and oxygen atoms in total. The van der Waals surface area contributed by atoms with E-state index in [9.17, 15) is 4.79 Å². The molecule has 20 heavy (non-hydrogen) atoms. The Hall–Kier alpha value is -1.52. The number of hydrogen-bond acceptors (Lipinski definition) is 2. The third kappa shape index (κ3) is 3.32. The minimum absolute atomic E-state index is 0.168. The number of halogens is 2. The van der Waals surface area contributed by atoms with Gasteiger partial charge >= 0.3 is 0 Å². The molecule has 2 aromatic rings. The van der Waals surface area contributed by atoms with E-state index in [1.54, 1.807) is 24.3 Å². The Morgan fingerprint density at radius 2 is 2.00 bits per heavy atom. The number of anilines is 1. The van der Waals surface area contributed by atoms with Crippen molar-refractivity contribution in [1.29, 1.82) is 0 Å². The molecule has 0 radical (unpaired) electrons. The Morgan fingerprint density at radius 1 is 1.30 bits per heavy atom. The number of amides is 1. The first-order valence-electron chi connectivity index (χ1n) is 6.09. The van der Waals surface area contributed by atoms with Crippen LogP contribution < -0.4 is 11.1 Å². The molecule has 2 aromatic carbocycles. The number of nitrogens with one attached hydrogen (secondary N) is 1. The monoisotopic (exact) mass is 352 g/mol.